The molecule has 0 amide bonds. The van der Waals surface area contributed by atoms with Gasteiger partial charge < -0.3 is 0 Å². The van der Waals surface area contributed by atoms with Crippen LogP contribution in [0.5, 0.6) is 0 Å². The van der Waals surface area contributed by atoms with Crippen LogP contribution < -0.4 is 0 Å². The lowest BCUT2D eigenvalue weighted by Gasteiger charge is -2.13. The number of thiophene rings is 1. The first-order valence-electron chi connectivity index (χ1n) is 18.2. The predicted octanol–water partition coefficient (Wildman–Crippen LogP) is 13.7. The number of para-hydroxylation sites is 1. The van der Waals surface area contributed by atoms with Crippen molar-refractivity contribution in [1.29, 1.82) is 0 Å². The van der Waals surface area contributed by atoms with Crippen molar-refractivity contribution in [1.82, 2.24) is 14.4 Å². The van der Waals surface area contributed by atoms with Crippen LogP contribution in [0, 0.1) is 0 Å². The van der Waals surface area contributed by atoms with Gasteiger partial charge in [0.05, 0.1) is 22.4 Å². The van der Waals surface area contributed by atoms with E-state index in [-0.39, 0.29) is 0 Å². The Morgan fingerprint density at radius 3 is 1.72 bits per heavy atom. The Morgan fingerprint density at radius 1 is 0.389 bits per heavy atom. The normalized spacial score (nSPS) is 11.7. The molecule has 0 saturated heterocycles. The summed E-state index contributed by atoms with van der Waals surface area (Å²) in [6.45, 7) is 0. The summed E-state index contributed by atoms with van der Waals surface area (Å²) in [5, 5.41) is 6.40. The first-order valence-corrected chi connectivity index (χ1v) is 19.0. The summed E-state index contributed by atoms with van der Waals surface area (Å²) in [5.74, 6) is 0. The number of benzene rings is 6. The van der Waals surface area contributed by atoms with Crippen LogP contribution in [-0.2, 0) is 0 Å². The van der Waals surface area contributed by atoms with Crippen molar-refractivity contribution in [2.45, 2.75) is 0 Å². The second-order valence-electron chi connectivity index (χ2n) is 13.8. The molecule has 0 aliphatic carbocycles. The largest absolute Gasteiger partial charge is 0.299 e. The fourth-order valence-corrected chi connectivity index (χ4v) is 9.46. The number of pyridine rings is 3. The fourth-order valence-electron chi connectivity index (χ4n) is 8.23. The minimum atomic E-state index is 0.937. The smallest absolute Gasteiger partial charge is 0.109 e. The molecule has 0 aliphatic rings. The van der Waals surface area contributed by atoms with E-state index in [4.69, 9.17) is 9.97 Å². The van der Waals surface area contributed by atoms with Crippen molar-refractivity contribution in [3.05, 3.63) is 188 Å². The molecule has 0 aliphatic heterocycles. The summed E-state index contributed by atoms with van der Waals surface area (Å²) in [5.41, 5.74) is 13.6. The molecule has 0 bridgehead atoms. The molecule has 11 rings (SSSR count). The Bertz CT molecular complexity index is 3140. The maximum absolute atomic E-state index is 4.70. The van der Waals surface area contributed by atoms with Crippen LogP contribution >= 0.6 is 11.3 Å². The van der Waals surface area contributed by atoms with E-state index in [1.807, 2.05) is 48.0 Å². The molecule has 5 heterocycles. The Kier molecular flexibility index (Phi) is 7.04. The first kappa shape index (κ1) is 30.7. The third-order valence-electron chi connectivity index (χ3n) is 10.6. The van der Waals surface area contributed by atoms with E-state index in [1.54, 1.807) is 0 Å². The molecule has 11 aromatic rings. The van der Waals surface area contributed by atoms with Crippen LogP contribution in [0.15, 0.2) is 188 Å². The van der Waals surface area contributed by atoms with E-state index in [1.165, 1.54) is 69.7 Å². The monoisotopic (exact) mass is 705 g/mol. The molecule has 0 radical (unpaired) electrons. The third kappa shape index (κ3) is 4.88. The fraction of sp³-hybridized carbons (Fsp3) is 0. The molecule has 252 valence electrons. The van der Waals surface area contributed by atoms with Gasteiger partial charge in [0.15, 0.2) is 0 Å². The highest BCUT2D eigenvalue weighted by Gasteiger charge is 2.22. The SMILES string of the molecule is c1ccc(-c2c3ccccc3n3c4sc5ccccc5c4c4ccc(-c5cccc(-c6cc(-c7ccccn7)cc(-c7ccccn7)c6)c5)cc4c23)cc1. The van der Waals surface area contributed by atoms with E-state index >= 15 is 0 Å². The lowest BCUT2D eigenvalue weighted by Crippen LogP contribution is -1.91. The van der Waals surface area contributed by atoms with Crippen molar-refractivity contribution in [2.24, 2.45) is 0 Å². The van der Waals surface area contributed by atoms with Crippen molar-refractivity contribution in [2.75, 3.05) is 0 Å². The summed E-state index contributed by atoms with van der Waals surface area (Å²) >= 11 is 1.88. The summed E-state index contributed by atoms with van der Waals surface area (Å²) in [6.07, 6.45) is 3.70. The van der Waals surface area contributed by atoms with Gasteiger partial charge in [0.2, 0.25) is 0 Å². The molecule has 4 heteroatoms. The third-order valence-corrected chi connectivity index (χ3v) is 11.8. The number of fused-ring (bicyclic) bond motifs is 10. The molecule has 54 heavy (non-hydrogen) atoms. The van der Waals surface area contributed by atoms with Crippen LogP contribution in [0.1, 0.15) is 0 Å². The van der Waals surface area contributed by atoms with Gasteiger partial charge in [-0.05, 0) is 99.9 Å². The highest BCUT2D eigenvalue weighted by molar-refractivity contribution is 7.25. The highest BCUT2D eigenvalue weighted by Crippen LogP contribution is 2.47. The van der Waals surface area contributed by atoms with Crippen molar-refractivity contribution >= 4 is 58.8 Å². The molecule has 0 saturated carbocycles. The lowest BCUT2D eigenvalue weighted by atomic mass is 9.93. The average molecular weight is 706 g/mol. The van der Waals surface area contributed by atoms with E-state index in [2.05, 4.69) is 156 Å². The molecule has 0 unspecified atom stereocenters. The Balaban J connectivity index is 1.17. The molecule has 6 aromatic carbocycles. The zero-order valence-electron chi connectivity index (χ0n) is 29.1. The zero-order valence-corrected chi connectivity index (χ0v) is 30.0. The summed E-state index contributed by atoms with van der Waals surface area (Å²) < 4.78 is 3.83. The second kappa shape index (κ2) is 12.4. The first-order chi connectivity index (χ1) is 26.8. The molecule has 0 fully saturated rings. The second-order valence-corrected chi connectivity index (χ2v) is 14.8. The molecular formula is C50H31N3S. The van der Waals surface area contributed by atoms with Crippen LogP contribution in [0.25, 0.3) is 103 Å². The maximum Gasteiger partial charge on any atom is 0.109 e. The van der Waals surface area contributed by atoms with Crippen molar-refractivity contribution < 1.29 is 0 Å². The number of hydrogen-bond donors (Lipinski definition) is 0. The Morgan fingerprint density at radius 2 is 0.981 bits per heavy atom. The minimum absolute atomic E-state index is 0.937. The van der Waals surface area contributed by atoms with Crippen LogP contribution in [0.3, 0.4) is 0 Å². The number of rotatable bonds is 5. The van der Waals surface area contributed by atoms with E-state index < -0.39 is 0 Å². The Hall–Kier alpha value is -6.88. The lowest BCUT2D eigenvalue weighted by molar-refractivity contribution is 1.31. The summed E-state index contributed by atoms with van der Waals surface area (Å²) in [4.78, 5) is 10.7. The van der Waals surface area contributed by atoms with Gasteiger partial charge in [-0.3, -0.25) is 14.4 Å². The topological polar surface area (TPSA) is 30.2 Å². The van der Waals surface area contributed by atoms with Gasteiger partial charge in [-0.15, -0.1) is 11.3 Å². The molecule has 0 spiro atoms. The highest BCUT2D eigenvalue weighted by atomic mass is 32.1. The maximum atomic E-state index is 4.70. The summed E-state index contributed by atoms with van der Waals surface area (Å²) in [7, 11) is 0. The Labute approximate surface area is 316 Å². The van der Waals surface area contributed by atoms with E-state index in [0.717, 1.165) is 33.6 Å². The van der Waals surface area contributed by atoms with Crippen LogP contribution in [0.2, 0.25) is 0 Å². The van der Waals surface area contributed by atoms with E-state index in [0.29, 0.717) is 0 Å². The van der Waals surface area contributed by atoms with Gasteiger partial charge in [0.25, 0.3) is 0 Å². The van der Waals surface area contributed by atoms with Gasteiger partial charge in [0, 0.05) is 55.3 Å². The molecule has 3 nitrogen and oxygen atoms in total. The summed E-state index contributed by atoms with van der Waals surface area (Å²) in [6, 6.07) is 63.4. The van der Waals surface area contributed by atoms with Gasteiger partial charge in [-0.25, -0.2) is 0 Å². The van der Waals surface area contributed by atoms with Crippen LogP contribution in [0.4, 0.5) is 0 Å². The predicted molar refractivity (Wildman–Crippen MR) is 228 cm³/mol. The minimum Gasteiger partial charge on any atom is -0.299 e. The average Bonchev–Trinajstić information content (AvgIpc) is 3.81. The zero-order chi connectivity index (χ0) is 35.6. The standard InChI is InChI=1S/C50H31N3S/c1-2-13-32(14-3-1)47-40-17-4-6-21-45(40)53-49(47)42-31-35(23-24-39(42)48-41-18-5-7-22-46(41)54-50(48)53)33-15-12-16-34(27-33)36-28-37(43-19-8-10-25-51-43)30-38(29-36)44-20-9-11-26-52-44/h1-31H. The number of aromatic nitrogens is 3. The van der Waals surface area contributed by atoms with Gasteiger partial charge in [-0.1, -0.05) is 109 Å². The molecule has 0 N–H and O–H groups in total. The van der Waals surface area contributed by atoms with Gasteiger partial charge in [0.1, 0.15) is 4.83 Å². The quantitative estimate of drug-likeness (QED) is 0.178. The molecule has 5 aromatic heterocycles. The van der Waals surface area contributed by atoms with Crippen molar-refractivity contribution in [3.8, 4) is 55.9 Å². The molecular weight excluding hydrogens is 675 g/mol. The number of hydrogen-bond acceptors (Lipinski definition) is 3. The van der Waals surface area contributed by atoms with Gasteiger partial charge in [-0.2, -0.15) is 0 Å². The van der Waals surface area contributed by atoms with E-state index in [9.17, 15) is 0 Å². The number of nitrogens with zero attached hydrogens (tertiary/aromatic N) is 3. The van der Waals surface area contributed by atoms with Gasteiger partial charge >= 0.3 is 0 Å². The molecule has 0 atom stereocenters. The van der Waals surface area contributed by atoms with Crippen molar-refractivity contribution in [3.63, 3.8) is 0 Å². The van der Waals surface area contributed by atoms with Crippen LogP contribution in [-0.4, -0.2) is 14.4 Å².